The van der Waals surface area contributed by atoms with Crippen LogP contribution in [0.1, 0.15) is 40.0 Å². The van der Waals surface area contributed by atoms with E-state index in [1.54, 1.807) is 0 Å². The topological polar surface area (TPSA) is 21.7 Å². The minimum absolute atomic E-state index is 0.315. The van der Waals surface area contributed by atoms with Crippen molar-refractivity contribution in [3.05, 3.63) is 0 Å². The molecule has 0 aromatic rings. The van der Waals surface area contributed by atoms with Crippen LogP contribution in [0.25, 0.3) is 0 Å². The van der Waals surface area contributed by atoms with Crippen molar-refractivity contribution >= 4 is 0 Å². The standard InChI is InChI=1S/C13H23NO2/c1-4-9-5-6-10-12-11(8-14(10)7-9)15-13(2,3)16-12/h9-12H,4-8H2,1-3H3. The predicted molar refractivity (Wildman–Crippen MR) is 62.2 cm³/mol. The molecule has 4 atom stereocenters. The minimum Gasteiger partial charge on any atom is -0.343 e. The molecule has 3 saturated heterocycles. The van der Waals surface area contributed by atoms with Crippen LogP contribution in [0, 0.1) is 5.92 Å². The number of ether oxygens (including phenoxy) is 2. The first kappa shape index (κ1) is 11.0. The largest absolute Gasteiger partial charge is 0.343 e. The Balaban J connectivity index is 1.70. The van der Waals surface area contributed by atoms with Crippen LogP contribution >= 0.6 is 0 Å². The van der Waals surface area contributed by atoms with Crippen LogP contribution in [-0.4, -0.2) is 42.0 Å². The van der Waals surface area contributed by atoms with Crippen LogP contribution in [-0.2, 0) is 9.47 Å². The summed E-state index contributed by atoms with van der Waals surface area (Å²) in [5, 5.41) is 0. The van der Waals surface area contributed by atoms with Gasteiger partial charge < -0.3 is 9.47 Å². The minimum atomic E-state index is -0.358. The molecule has 16 heavy (non-hydrogen) atoms. The maximum absolute atomic E-state index is 6.05. The highest BCUT2D eigenvalue weighted by molar-refractivity contribution is 5.02. The first-order valence-corrected chi connectivity index (χ1v) is 6.69. The molecule has 3 aliphatic heterocycles. The summed E-state index contributed by atoms with van der Waals surface area (Å²) in [6.07, 6.45) is 4.61. The monoisotopic (exact) mass is 225 g/mol. The summed E-state index contributed by atoms with van der Waals surface area (Å²) in [6, 6.07) is 0.620. The molecule has 0 aliphatic carbocycles. The molecular formula is C13H23NO2. The zero-order valence-electron chi connectivity index (χ0n) is 10.6. The summed E-state index contributed by atoms with van der Waals surface area (Å²) in [5.41, 5.74) is 0. The van der Waals surface area contributed by atoms with Crippen molar-refractivity contribution in [2.45, 2.75) is 64.1 Å². The fraction of sp³-hybridized carbons (Fsp3) is 1.00. The molecule has 3 heteroatoms. The fourth-order valence-electron chi connectivity index (χ4n) is 3.62. The Morgan fingerprint density at radius 2 is 2.00 bits per heavy atom. The van der Waals surface area contributed by atoms with E-state index >= 15 is 0 Å². The van der Waals surface area contributed by atoms with E-state index in [1.165, 1.54) is 25.8 Å². The molecular weight excluding hydrogens is 202 g/mol. The normalized spacial score (nSPS) is 46.7. The van der Waals surface area contributed by atoms with Crippen molar-refractivity contribution in [2.24, 2.45) is 5.92 Å². The number of fused-ring (bicyclic) bond motifs is 3. The fourth-order valence-corrected chi connectivity index (χ4v) is 3.62. The van der Waals surface area contributed by atoms with Crippen LogP contribution in [0.5, 0.6) is 0 Å². The Morgan fingerprint density at radius 3 is 2.75 bits per heavy atom. The Labute approximate surface area is 98.1 Å². The van der Waals surface area contributed by atoms with E-state index in [4.69, 9.17) is 9.47 Å². The van der Waals surface area contributed by atoms with Gasteiger partial charge in [0.25, 0.3) is 0 Å². The van der Waals surface area contributed by atoms with Gasteiger partial charge in [-0.1, -0.05) is 13.3 Å². The lowest BCUT2D eigenvalue weighted by Crippen LogP contribution is -2.44. The summed E-state index contributed by atoms with van der Waals surface area (Å²) < 4.78 is 12.0. The molecule has 0 spiro atoms. The average molecular weight is 225 g/mol. The lowest BCUT2D eigenvalue weighted by atomic mass is 9.90. The molecule has 0 saturated carbocycles. The molecule has 3 aliphatic rings. The van der Waals surface area contributed by atoms with Crippen LogP contribution in [0.2, 0.25) is 0 Å². The highest BCUT2D eigenvalue weighted by Crippen LogP contribution is 2.41. The molecule has 3 heterocycles. The van der Waals surface area contributed by atoms with Gasteiger partial charge in [-0.3, -0.25) is 4.90 Å². The first-order chi connectivity index (χ1) is 7.59. The lowest BCUT2D eigenvalue weighted by Gasteiger charge is -2.37. The number of hydrogen-bond acceptors (Lipinski definition) is 3. The Morgan fingerprint density at radius 1 is 1.19 bits per heavy atom. The third kappa shape index (κ3) is 1.69. The third-order valence-electron chi connectivity index (χ3n) is 4.42. The van der Waals surface area contributed by atoms with Gasteiger partial charge in [0.2, 0.25) is 0 Å². The van der Waals surface area contributed by atoms with Gasteiger partial charge in [-0.05, 0) is 32.6 Å². The second-order valence-corrected chi connectivity index (χ2v) is 6.01. The molecule has 3 nitrogen and oxygen atoms in total. The van der Waals surface area contributed by atoms with E-state index in [2.05, 4.69) is 11.8 Å². The Kier molecular flexibility index (Phi) is 2.54. The van der Waals surface area contributed by atoms with Crippen molar-refractivity contribution < 1.29 is 9.47 Å². The molecule has 4 unspecified atom stereocenters. The Hall–Kier alpha value is -0.120. The SMILES string of the molecule is CCC1CCC2C3OC(C)(C)OC3CN2C1. The molecule has 0 aromatic carbocycles. The highest BCUT2D eigenvalue weighted by Gasteiger charge is 2.53. The number of piperidine rings is 1. The number of nitrogens with zero attached hydrogens (tertiary/aromatic N) is 1. The van der Waals surface area contributed by atoms with Gasteiger partial charge in [0.15, 0.2) is 5.79 Å². The van der Waals surface area contributed by atoms with Gasteiger partial charge in [-0.2, -0.15) is 0 Å². The quantitative estimate of drug-likeness (QED) is 0.681. The predicted octanol–water partition coefficient (Wildman–Crippen LogP) is 2.01. The van der Waals surface area contributed by atoms with Crippen LogP contribution in [0.3, 0.4) is 0 Å². The maximum atomic E-state index is 6.05. The summed E-state index contributed by atoms with van der Waals surface area (Å²) in [7, 11) is 0. The zero-order valence-corrected chi connectivity index (χ0v) is 10.6. The number of hydrogen-bond donors (Lipinski definition) is 0. The molecule has 0 radical (unpaired) electrons. The number of rotatable bonds is 1. The summed E-state index contributed by atoms with van der Waals surface area (Å²) >= 11 is 0. The van der Waals surface area contributed by atoms with E-state index in [9.17, 15) is 0 Å². The Bertz CT molecular complexity index is 279. The van der Waals surface area contributed by atoms with Crippen molar-refractivity contribution in [2.75, 3.05) is 13.1 Å². The van der Waals surface area contributed by atoms with Crippen LogP contribution in [0.15, 0.2) is 0 Å². The molecule has 0 aromatic heterocycles. The molecule has 3 fully saturated rings. The summed E-state index contributed by atoms with van der Waals surface area (Å²) in [5.74, 6) is 0.534. The van der Waals surface area contributed by atoms with Gasteiger partial charge >= 0.3 is 0 Å². The van der Waals surface area contributed by atoms with Crippen molar-refractivity contribution in [1.29, 1.82) is 0 Å². The van der Waals surface area contributed by atoms with Gasteiger partial charge in [0.05, 0.1) is 0 Å². The van der Waals surface area contributed by atoms with E-state index in [0.29, 0.717) is 18.2 Å². The second kappa shape index (κ2) is 3.69. The van der Waals surface area contributed by atoms with E-state index in [0.717, 1.165) is 12.5 Å². The zero-order chi connectivity index (χ0) is 11.3. The van der Waals surface area contributed by atoms with Crippen LogP contribution < -0.4 is 0 Å². The van der Waals surface area contributed by atoms with Gasteiger partial charge in [0, 0.05) is 19.1 Å². The highest BCUT2D eigenvalue weighted by atomic mass is 16.8. The van der Waals surface area contributed by atoms with Gasteiger partial charge in [-0.15, -0.1) is 0 Å². The van der Waals surface area contributed by atoms with Gasteiger partial charge in [0.1, 0.15) is 12.2 Å². The molecule has 0 amide bonds. The van der Waals surface area contributed by atoms with E-state index in [1.807, 2.05) is 13.8 Å². The molecule has 3 rings (SSSR count). The molecule has 0 bridgehead atoms. The van der Waals surface area contributed by atoms with Crippen molar-refractivity contribution in [1.82, 2.24) is 4.90 Å². The smallest absolute Gasteiger partial charge is 0.163 e. The second-order valence-electron chi connectivity index (χ2n) is 6.01. The lowest BCUT2D eigenvalue weighted by molar-refractivity contribution is -0.164. The van der Waals surface area contributed by atoms with Crippen molar-refractivity contribution in [3.8, 4) is 0 Å². The van der Waals surface area contributed by atoms with Crippen molar-refractivity contribution in [3.63, 3.8) is 0 Å². The molecule has 92 valence electrons. The first-order valence-electron chi connectivity index (χ1n) is 6.69. The average Bonchev–Trinajstić information content (AvgIpc) is 2.68. The molecule has 0 N–H and O–H groups in total. The van der Waals surface area contributed by atoms with E-state index in [-0.39, 0.29) is 5.79 Å². The van der Waals surface area contributed by atoms with Crippen LogP contribution in [0.4, 0.5) is 0 Å². The maximum Gasteiger partial charge on any atom is 0.163 e. The third-order valence-corrected chi connectivity index (χ3v) is 4.42. The van der Waals surface area contributed by atoms with E-state index < -0.39 is 0 Å². The van der Waals surface area contributed by atoms with Gasteiger partial charge in [-0.25, -0.2) is 0 Å². The summed E-state index contributed by atoms with van der Waals surface area (Å²) in [4.78, 5) is 2.60. The summed E-state index contributed by atoms with van der Waals surface area (Å²) in [6.45, 7) is 8.70.